The average Bonchev–Trinajstić information content (AvgIpc) is 2.64. The zero-order chi connectivity index (χ0) is 9.97. The van der Waals surface area contributed by atoms with Gasteiger partial charge in [0.05, 0.1) is 6.61 Å². The predicted molar refractivity (Wildman–Crippen MR) is 58.5 cm³/mol. The van der Waals surface area contributed by atoms with Crippen molar-refractivity contribution in [2.75, 3.05) is 13.2 Å². The van der Waals surface area contributed by atoms with Gasteiger partial charge in [-0.25, -0.2) is 0 Å². The smallest absolute Gasteiger partial charge is 0.123 e. The van der Waals surface area contributed by atoms with E-state index in [0.29, 0.717) is 6.54 Å². The van der Waals surface area contributed by atoms with E-state index in [9.17, 15) is 0 Å². The summed E-state index contributed by atoms with van der Waals surface area (Å²) in [6.45, 7) is 3.51. The van der Waals surface area contributed by atoms with Crippen molar-refractivity contribution < 1.29 is 4.74 Å². The van der Waals surface area contributed by atoms with Crippen molar-refractivity contribution in [1.82, 2.24) is 0 Å². The molecule has 2 heteroatoms. The molecule has 1 aromatic carbocycles. The normalized spacial score (nSPS) is 14.4. The molecule has 1 aromatic rings. The summed E-state index contributed by atoms with van der Waals surface area (Å²) in [4.78, 5) is 0. The molecule has 14 heavy (non-hydrogen) atoms. The number of fused-ring (bicyclic) bond motifs is 1. The Bertz CT molecular complexity index is 369. The predicted octanol–water partition coefficient (Wildman–Crippen LogP) is 1.90. The van der Waals surface area contributed by atoms with E-state index < -0.39 is 0 Å². The van der Waals surface area contributed by atoms with E-state index in [2.05, 4.69) is 25.1 Å². The third-order valence-electron chi connectivity index (χ3n) is 2.56. The van der Waals surface area contributed by atoms with Gasteiger partial charge in [0, 0.05) is 18.5 Å². The van der Waals surface area contributed by atoms with E-state index in [0.717, 1.165) is 18.8 Å². The molecule has 0 unspecified atom stereocenters. The minimum absolute atomic E-state index is 0.587. The van der Waals surface area contributed by atoms with Crippen molar-refractivity contribution >= 4 is 6.08 Å². The first-order chi connectivity index (χ1) is 6.83. The molecule has 0 spiro atoms. The summed E-state index contributed by atoms with van der Waals surface area (Å²) in [5.41, 5.74) is 9.36. The lowest BCUT2D eigenvalue weighted by molar-refractivity contribution is 0.357. The minimum atomic E-state index is 0.587. The molecule has 0 amide bonds. The van der Waals surface area contributed by atoms with Crippen LogP contribution >= 0.6 is 0 Å². The van der Waals surface area contributed by atoms with Gasteiger partial charge in [-0.2, -0.15) is 0 Å². The summed E-state index contributed by atoms with van der Waals surface area (Å²) < 4.78 is 5.51. The van der Waals surface area contributed by atoms with Crippen LogP contribution in [0.3, 0.4) is 0 Å². The summed E-state index contributed by atoms with van der Waals surface area (Å²) in [6.07, 6.45) is 5.10. The number of aryl methyl sites for hydroxylation is 1. The van der Waals surface area contributed by atoms with Crippen LogP contribution in [0.25, 0.3) is 6.08 Å². The molecule has 2 N–H and O–H groups in total. The number of rotatable bonds is 2. The molecule has 0 aromatic heterocycles. The molecule has 74 valence electrons. The molecule has 1 aliphatic heterocycles. The van der Waals surface area contributed by atoms with Crippen molar-refractivity contribution in [3.05, 3.63) is 34.9 Å². The van der Waals surface area contributed by atoms with Crippen LogP contribution in [0.5, 0.6) is 5.75 Å². The zero-order valence-corrected chi connectivity index (χ0v) is 8.42. The maximum atomic E-state index is 5.51. The minimum Gasteiger partial charge on any atom is -0.493 e. The van der Waals surface area contributed by atoms with E-state index in [1.807, 2.05) is 6.08 Å². The van der Waals surface area contributed by atoms with Crippen molar-refractivity contribution in [3.8, 4) is 5.75 Å². The Morgan fingerprint density at radius 2 is 2.36 bits per heavy atom. The molecule has 1 heterocycles. The second-order valence-electron chi connectivity index (χ2n) is 3.51. The lowest BCUT2D eigenvalue weighted by atomic mass is 9.99. The highest BCUT2D eigenvalue weighted by Gasteiger charge is 2.15. The second-order valence-corrected chi connectivity index (χ2v) is 3.51. The van der Waals surface area contributed by atoms with Crippen LogP contribution in [0, 0.1) is 6.92 Å². The Labute approximate surface area is 84.4 Å². The van der Waals surface area contributed by atoms with Gasteiger partial charge in [0.2, 0.25) is 0 Å². The molecule has 0 saturated heterocycles. The van der Waals surface area contributed by atoms with Gasteiger partial charge in [0.1, 0.15) is 5.75 Å². The summed E-state index contributed by atoms with van der Waals surface area (Å²) in [7, 11) is 0. The molecular formula is C12H15NO. The Kier molecular flexibility index (Phi) is 2.55. The van der Waals surface area contributed by atoms with Crippen LogP contribution in [0.2, 0.25) is 0 Å². The standard InChI is InChI=1S/C12H15NO/c1-9-4-5-12-11(6-8-14-12)10(9)3-2-7-13/h2-5H,6-8,13H2,1H3/b3-2+. The largest absolute Gasteiger partial charge is 0.493 e. The zero-order valence-electron chi connectivity index (χ0n) is 8.42. The molecule has 1 aliphatic rings. The van der Waals surface area contributed by atoms with Gasteiger partial charge in [-0.1, -0.05) is 18.2 Å². The first kappa shape index (κ1) is 9.28. The van der Waals surface area contributed by atoms with Gasteiger partial charge >= 0.3 is 0 Å². The lowest BCUT2D eigenvalue weighted by Gasteiger charge is -2.06. The number of hydrogen-bond donors (Lipinski definition) is 1. The van der Waals surface area contributed by atoms with Crippen LogP contribution in [-0.4, -0.2) is 13.2 Å². The number of ether oxygens (including phenoxy) is 1. The number of nitrogens with two attached hydrogens (primary N) is 1. The summed E-state index contributed by atoms with van der Waals surface area (Å²) in [5.74, 6) is 1.03. The fourth-order valence-electron chi connectivity index (χ4n) is 1.84. The van der Waals surface area contributed by atoms with E-state index in [-0.39, 0.29) is 0 Å². The first-order valence-corrected chi connectivity index (χ1v) is 4.95. The monoisotopic (exact) mass is 189 g/mol. The Morgan fingerprint density at radius 3 is 3.14 bits per heavy atom. The van der Waals surface area contributed by atoms with Crippen molar-refractivity contribution in [3.63, 3.8) is 0 Å². The van der Waals surface area contributed by atoms with Crippen LogP contribution in [-0.2, 0) is 6.42 Å². The quantitative estimate of drug-likeness (QED) is 0.771. The fraction of sp³-hybridized carbons (Fsp3) is 0.333. The third kappa shape index (κ3) is 1.53. The van der Waals surface area contributed by atoms with Crippen molar-refractivity contribution in [2.45, 2.75) is 13.3 Å². The molecule has 0 bridgehead atoms. The average molecular weight is 189 g/mol. The van der Waals surface area contributed by atoms with E-state index in [4.69, 9.17) is 10.5 Å². The van der Waals surface area contributed by atoms with Gasteiger partial charge in [0.15, 0.2) is 0 Å². The highest BCUT2D eigenvalue weighted by atomic mass is 16.5. The van der Waals surface area contributed by atoms with Crippen LogP contribution in [0.1, 0.15) is 16.7 Å². The number of benzene rings is 1. The molecule has 0 radical (unpaired) electrons. The van der Waals surface area contributed by atoms with Crippen LogP contribution in [0.4, 0.5) is 0 Å². The molecule has 2 rings (SSSR count). The van der Waals surface area contributed by atoms with Crippen molar-refractivity contribution in [2.24, 2.45) is 5.73 Å². The van der Waals surface area contributed by atoms with E-state index in [1.54, 1.807) is 0 Å². The Hall–Kier alpha value is -1.28. The molecule has 0 aliphatic carbocycles. The van der Waals surface area contributed by atoms with Gasteiger partial charge in [-0.05, 0) is 24.1 Å². The Balaban J connectivity index is 2.46. The van der Waals surface area contributed by atoms with Gasteiger partial charge in [-0.3, -0.25) is 0 Å². The highest BCUT2D eigenvalue weighted by molar-refractivity contribution is 5.62. The lowest BCUT2D eigenvalue weighted by Crippen LogP contribution is -1.94. The summed E-state index contributed by atoms with van der Waals surface area (Å²) in [6, 6.07) is 4.15. The summed E-state index contributed by atoms with van der Waals surface area (Å²) >= 11 is 0. The fourth-order valence-corrected chi connectivity index (χ4v) is 1.84. The summed E-state index contributed by atoms with van der Waals surface area (Å²) in [5, 5.41) is 0. The maximum Gasteiger partial charge on any atom is 0.123 e. The van der Waals surface area contributed by atoms with Crippen molar-refractivity contribution in [1.29, 1.82) is 0 Å². The molecular weight excluding hydrogens is 174 g/mol. The number of hydrogen-bond acceptors (Lipinski definition) is 2. The topological polar surface area (TPSA) is 35.2 Å². The van der Waals surface area contributed by atoms with Gasteiger partial charge in [0.25, 0.3) is 0 Å². The SMILES string of the molecule is Cc1ccc2c(c1/C=C/CN)CCO2. The van der Waals surface area contributed by atoms with E-state index >= 15 is 0 Å². The molecule has 0 saturated carbocycles. The molecule has 0 atom stereocenters. The van der Waals surface area contributed by atoms with Gasteiger partial charge in [-0.15, -0.1) is 0 Å². The van der Waals surface area contributed by atoms with Crippen LogP contribution in [0.15, 0.2) is 18.2 Å². The second kappa shape index (κ2) is 3.84. The van der Waals surface area contributed by atoms with Gasteiger partial charge < -0.3 is 10.5 Å². The maximum absolute atomic E-state index is 5.51. The third-order valence-corrected chi connectivity index (χ3v) is 2.56. The van der Waals surface area contributed by atoms with E-state index in [1.165, 1.54) is 16.7 Å². The molecule has 2 nitrogen and oxygen atoms in total. The van der Waals surface area contributed by atoms with Crippen LogP contribution < -0.4 is 10.5 Å². The molecule has 0 fully saturated rings. The first-order valence-electron chi connectivity index (χ1n) is 4.95. The highest BCUT2D eigenvalue weighted by Crippen LogP contribution is 2.31. The Morgan fingerprint density at radius 1 is 1.50 bits per heavy atom.